The van der Waals surface area contributed by atoms with Crippen molar-refractivity contribution in [3.63, 3.8) is 0 Å². The number of hydrogen-bond acceptors (Lipinski definition) is 4. The molecule has 1 atom stereocenters. The van der Waals surface area contributed by atoms with Crippen LogP contribution in [0.2, 0.25) is 0 Å². The molecule has 0 amide bonds. The Balaban J connectivity index is 2.51. The summed E-state index contributed by atoms with van der Waals surface area (Å²) in [5.41, 5.74) is 0. The van der Waals surface area contributed by atoms with Gasteiger partial charge in [-0.2, -0.15) is 0 Å². The molecule has 0 heterocycles. The number of ether oxygens (including phenoxy) is 1. The summed E-state index contributed by atoms with van der Waals surface area (Å²) in [6.07, 6.45) is 0. The molecule has 92 valence electrons. The first-order valence-electron chi connectivity index (χ1n) is 5.03. The highest BCUT2D eigenvalue weighted by Gasteiger charge is 2.21. The number of halogens is 1. The molecule has 17 heavy (non-hydrogen) atoms. The van der Waals surface area contributed by atoms with E-state index in [1.807, 2.05) is 24.3 Å². The minimum Gasteiger partial charge on any atom is -0.468 e. The molecule has 1 rings (SSSR count). The van der Waals surface area contributed by atoms with Crippen molar-refractivity contribution in [3.8, 4) is 0 Å². The smallest absolute Gasteiger partial charge is 0.315 e. The van der Waals surface area contributed by atoms with Crippen LogP contribution in [0.1, 0.15) is 6.92 Å². The predicted molar refractivity (Wildman–Crippen MR) is 71.1 cm³/mol. The average molecular weight is 317 g/mol. The molecule has 1 aromatic rings. The van der Waals surface area contributed by atoms with Gasteiger partial charge in [-0.3, -0.25) is 9.59 Å². The van der Waals surface area contributed by atoms with E-state index in [0.29, 0.717) is 0 Å². The molecule has 0 saturated carbocycles. The van der Waals surface area contributed by atoms with Gasteiger partial charge in [-0.1, -0.05) is 22.0 Å². The Morgan fingerprint density at radius 3 is 2.76 bits per heavy atom. The van der Waals surface area contributed by atoms with Crippen LogP contribution in [0.3, 0.4) is 0 Å². The van der Waals surface area contributed by atoms with E-state index < -0.39 is 11.9 Å². The Morgan fingerprint density at radius 2 is 2.18 bits per heavy atom. The predicted octanol–water partition coefficient (Wildman–Crippen LogP) is 2.92. The molecular formula is C12H13BrO3S. The van der Waals surface area contributed by atoms with E-state index in [1.165, 1.54) is 18.9 Å². The fourth-order valence-corrected chi connectivity index (χ4v) is 2.64. The summed E-state index contributed by atoms with van der Waals surface area (Å²) in [6, 6.07) is 7.68. The molecule has 0 N–H and O–H groups in total. The van der Waals surface area contributed by atoms with Crippen molar-refractivity contribution >= 4 is 39.4 Å². The van der Waals surface area contributed by atoms with Gasteiger partial charge in [-0.25, -0.2) is 0 Å². The number of Topliss-reactive ketones (excluding diaryl/α,β-unsaturated/α-hetero) is 1. The van der Waals surface area contributed by atoms with Crippen LogP contribution in [-0.2, 0) is 14.3 Å². The van der Waals surface area contributed by atoms with E-state index in [0.717, 1.165) is 9.37 Å². The van der Waals surface area contributed by atoms with E-state index in [4.69, 9.17) is 0 Å². The molecular weight excluding hydrogens is 304 g/mol. The van der Waals surface area contributed by atoms with Crippen molar-refractivity contribution in [3.05, 3.63) is 28.7 Å². The van der Waals surface area contributed by atoms with Crippen LogP contribution in [0.15, 0.2) is 33.6 Å². The molecule has 0 radical (unpaired) electrons. The molecule has 0 aliphatic heterocycles. The third-order valence-electron chi connectivity index (χ3n) is 2.21. The second-order valence-electron chi connectivity index (χ2n) is 3.46. The van der Waals surface area contributed by atoms with Crippen LogP contribution < -0.4 is 0 Å². The number of thioether (sulfide) groups is 1. The SMILES string of the molecule is COC(=O)C(C)C(=O)CSc1cccc(Br)c1. The Bertz CT molecular complexity index is 420. The maximum absolute atomic E-state index is 11.7. The second kappa shape index (κ2) is 6.81. The third-order valence-corrected chi connectivity index (χ3v) is 3.72. The molecule has 0 fully saturated rings. The molecule has 0 aliphatic rings. The topological polar surface area (TPSA) is 43.4 Å². The highest BCUT2D eigenvalue weighted by atomic mass is 79.9. The van der Waals surface area contributed by atoms with E-state index in [9.17, 15) is 9.59 Å². The number of carbonyl (C=O) groups excluding carboxylic acids is 2. The minimum absolute atomic E-state index is 0.123. The number of hydrogen-bond donors (Lipinski definition) is 0. The third kappa shape index (κ3) is 4.52. The molecule has 3 nitrogen and oxygen atoms in total. The van der Waals surface area contributed by atoms with Crippen molar-refractivity contribution < 1.29 is 14.3 Å². The van der Waals surface area contributed by atoms with Crippen molar-refractivity contribution in [2.24, 2.45) is 5.92 Å². The molecule has 0 saturated heterocycles. The zero-order valence-electron chi connectivity index (χ0n) is 9.60. The number of ketones is 1. The summed E-state index contributed by atoms with van der Waals surface area (Å²) >= 11 is 4.77. The first kappa shape index (κ1) is 14.3. The van der Waals surface area contributed by atoms with Crippen molar-refractivity contribution in [1.29, 1.82) is 0 Å². The number of carbonyl (C=O) groups is 2. The summed E-state index contributed by atoms with van der Waals surface area (Å²) in [7, 11) is 1.29. The lowest BCUT2D eigenvalue weighted by atomic mass is 10.1. The lowest BCUT2D eigenvalue weighted by molar-refractivity contribution is -0.147. The lowest BCUT2D eigenvalue weighted by Crippen LogP contribution is -2.23. The Morgan fingerprint density at radius 1 is 1.47 bits per heavy atom. The van der Waals surface area contributed by atoms with Crippen molar-refractivity contribution in [2.75, 3.05) is 12.9 Å². The minimum atomic E-state index is -0.695. The van der Waals surface area contributed by atoms with E-state index in [-0.39, 0.29) is 11.5 Å². The van der Waals surface area contributed by atoms with Crippen molar-refractivity contribution in [1.82, 2.24) is 0 Å². The normalized spacial score (nSPS) is 11.9. The first-order chi connectivity index (χ1) is 8.04. The van der Waals surface area contributed by atoms with Crippen LogP contribution in [0.5, 0.6) is 0 Å². The van der Waals surface area contributed by atoms with Gasteiger partial charge >= 0.3 is 5.97 Å². The average Bonchev–Trinajstić information content (AvgIpc) is 2.34. The fraction of sp³-hybridized carbons (Fsp3) is 0.333. The molecule has 0 aliphatic carbocycles. The second-order valence-corrected chi connectivity index (χ2v) is 5.42. The van der Waals surface area contributed by atoms with Gasteiger partial charge in [-0.05, 0) is 25.1 Å². The number of rotatable bonds is 5. The Hall–Kier alpha value is -0.810. The van der Waals surface area contributed by atoms with Crippen LogP contribution in [0.25, 0.3) is 0 Å². The number of benzene rings is 1. The highest BCUT2D eigenvalue weighted by Crippen LogP contribution is 2.22. The van der Waals surface area contributed by atoms with Crippen LogP contribution in [0.4, 0.5) is 0 Å². The number of esters is 1. The van der Waals surface area contributed by atoms with E-state index >= 15 is 0 Å². The standard InChI is InChI=1S/C12H13BrO3S/c1-8(12(15)16-2)11(14)7-17-10-5-3-4-9(13)6-10/h3-6,8H,7H2,1-2H3. The van der Waals surface area contributed by atoms with Gasteiger partial charge in [0.2, 0.25) is 0 Å². The van der Waals surface area contributed by atoms with Gasteiger partial charge in [0.25, 0.3) is 0 Å². The summed E-state index contributed by atoms with van der Waals surface area (Å²) < 4.78 is 5.50. The molecule has 1 aromatic carbocycles. The van der Waals surface area contributed by atoms with Gasteiger partial charge in [0, 0.05) is 9.37 Å². The summed E-state index contributed by atoms with van der Waals surface area (Å²) in [6.45, 7) is 1.57. The molecule has 0 spiro atoms. The van der Waals surface area contributed by atoms with Gasteiger partial charge in [0.1, 0.15) is 5.92 Å². The Kier molecular flexibility index (Phi) is 5.71. The summed E-state index contributed by atoms with van der Waals surface area (Å²) in [5.74, 6) is -1.03. The van der Waals surface area contributed by atoms with Crippen molar-refractivity contribution in [2.45, 2.75) is 11.8 Å². The largest absolute Gasteiger partial charge is 0.468 e. The molecule has 0 bridgehead atoms. The molecule has 0 aromatic heterocycles. The highest BCUT2D eigenvalue weighted by molar-refractivity contribution is 9.10. The number of methoxy groups -OCH3 is 1. The first-order valence-corrected chi connectivity index (χ1v) is 6.81. The Labute approximate surface area is 113 Å². The van der Waals surface area contributed by atoms with Crippen LogP contribution in [-0.4, -0.2) is 24.6 Å². The zero-order valence-corrected chi connectivity index (χ0v) is 12.0. The zero-order chi connectivity index (χ0) is 12.8. The summed E-state index contributed by atoms with van der Waals surface area (Å²) in [5, 5.41) is 0. The summed E-state index contributed by atoms with van der Waals surface area (Å²) in [4.78, 5) is 23.8. The quantitative estimate of drug-likeness (QED) is 0.476. The van der Waals surface area contributed by atoms with Crippen LogP contribution in [0, 0.1) is 5.92 Å². The fourth-order valence-electron chi connectivity index (χ4n) is 1.14. The van der Waals surface area contributed by atoms with E-state index in [1.54, 1.807) is 6.92 Å². The van der Waals surface area contributed by atoms with Crippen LogP contribution >= 0.6 is 27.7 Å². The lowest BCUT2D eigenvalue weighted by Gasteiger charge is -2.07. The van der Waals surface area contributed by atoms with E-state index in [2.05, 4.69) is 20.7 Å². The maximum atomic E-state index is 11.7. The van der Waals surface area contributed by atoms with Gasteiger partial charge in [0.05, 0.1) is 12.9 Å². The van der Waals surface area contributed by atoms with Gasteiger partial charge in [-0.15, -0.1) is 11.8 Å². The van der Waals surface area contributed by atoms with Gasteiger partial charge < -0.3 is 4.74 Å². The van der Waals surface area contributed by atoms with Gasteiger partial charge in [0.15, 0.2) is 5.78 Å². The molecule has 1 unspecified atom stereocenters. The maximum Gasteiger partial charge on any atom is 0.315 e. The molecule has 5 heteroatoms. The monoisotopic (exact) mass is 316 g/mol.